The zero-order valence-electron chi connectivity index (χ0n) is 15.4. The third kappa shape index (κ3) is 3.98. The van der Waals surface area contributed by atoms with Gasteiger partial charge >= 0.3 is 0 Å². The monoisotopic (exact) mass is 345 g/mol. The minimum atomic E-state index is -0.0576. The van der Waals surface area contributed by atoms with Gasteiger partial charge in [-0.2, -0.15) is 0 Å². The van der Waals surface area contributed by atoms with Crippen LogP contribution < -0.4 is 0 Å². The van der Waals surface area contributed by atoms with Crippen molar-refractivity contribution in [2.75, 3.05) is 39.8 Å². The van der Waals surface area contributed by atoms with Crippen LogP contribution in [0.2, 0.25) is 0 Å². The third-order valence-corrected chi connectivity index (χ3v) is 5.14. The van der Waals surface area contributed by atoms with Crippen molar-refractivity contribution < 1.29 is 9.59 Å². The normalized spacial score (nSPS) is 22.1. The predicted molar refractivity (Wildman–Crippen MR) is 94.1 cm³/mol. The molecule has 2 aliphatic heterocycles. The lowest BCUT2D eigenvalue weighted by molar-refractivity contribution is -0.128. The van der Waals surface area contributed by atoms with Gasteiger partial charge in [-0.05, 0) is 45.8 Å². The van der Waals surface area contributed by atoms with Crippen LogP contribution in [0.4, 0.5) is 0 Å². The van der Waals surface area contributed by atoms with Crippen LogP contribution in [0.3, 0.4) is 0 Å². The summed E-state index contributed by atoms with van der Waals surface area (Å²) in [6.07, 6.45) is 2.97. The smallest absolute Gasteiger partial charge is 0.272 e. The lowest BCUT2D eigenvalue weighted by Gasteiger charge is -2.22. The second-order valence-electron chi connectivity index (χ2n) is 7.04. The van der Waals surface area contributed by atoms with Crippen LogP contribution in [0, 0.1) is 6.92 Å². The highest BCUT2D eigenvalue weighted by atomic mass is 16.2. The molecule has 0 saturated carbocycles. The minimum absolute atomic E-state index is 0.0576. The lowest BCUT2D eigenvalue weighted by atomic mass is 10.2. The van der Waals surface area contributed by atoms with Gasteiger partial charge < -0.3 is 9.80 Å². The first kappa shape index (κ1) is 17.8. The van der Waals surface area contributed by atoms with E-state index in [-0.39, 0.29) is 17.9 Å². The lowest BCUT2D eigenvalue weighted by Crippen LogP contribution is -2.37. The summed E-state index contributed by atoms with van der Waals surface area (Å²) in [6, 6.07) is 1.97. The fourth-order valence-electron chi connectivity index (χ4n) is 3.68. The number of hydrogen-bond donors (Lipinski definition) is 0. The molecule has 0 aliphatic carbocycles. The molecular weight excluding hydrogens is 318 g/mol. The average Bonchev–Trinajstić information content (AvgIpc) is 2.85. The third-order valence-electron chi connectivity index (χ3n) is 5.14. The number of rotatable bonds is 2. The van der Waals surface area contributed by atoms with Gasteiger partial charge in [0.05, 0.1) is 6.04 Å². The van der Waals surface area contributed by atoms with Crippen LogP contribution in [0.25, 0.3) is 0 Å². The molecule has 136 valence electrons. The number of carbonyl (C=O) groups excluding carboxylic acids is 2. The summed E-state index contributed by atoms with van der Waals surface area (Å²) in [6.45, 7) is 7.04. The van der Waals surface area contributed by atoms with Crippen molar-refractivity contribution in [1.82, 2.24) is 24.7 Å². The summed E-state index contributed by atoms with van der Waals surface area (Å²) in [5.41, 5.74) is 1.30. The second-order valence-corrected chi connectivity index (χ2v) is 7.04. The highest BCUT2D eigenvalue weighted by Gasteiger charge is 2.28. The fourth-order valence-corrected chi connectivity index (χ4v) is 3.68. The molecule has 3 rings (SSSR count). The van der Waals surface area contributed by atoms with E-state index in [4.69, 9.17) is 0 Å². The Morgan fingerprint density at radius 3 is 2.44 bits per heavy atom. The molecule has 25 heavy (non-hydrogen) atoms. The first-order chi connectivity index (χ1) is 12.0. The van der Waals surface area contributed by atoms with Crippen molar-refractivity contribution in [3.8, 4) is 0 Å². The molecule has 2 saturated heterocycles. The van der Waals surface area contributed by atoms with Crippen molar-refractivity contribution >= 4 is 11.8 Å². The molecule has 0 aromatic carbocycles. The Bertz CT molecular complexity index is 663. The van der Waals surface area contributed by atoms with E-state index in [1.807, 2.05) is 11.8 Å². The van der Waals surface area contributed by atoms with Crippen molar-refractivity contribution in [2.45, 2.75) is 39.2 Å². The van der Waals surface area contributed by atoms with Crippen molar-refractivity contribution in [3.05, 3.63) is 23.3 Å². The summed E-state index contributed by atoms with van der Waals surface area (Å²) in [5, 5.41) is 0. The van der Waals surface area contributed by atoms with Gasteiger partial charge in [0, 0.05) is 38.8 Å². The number of aromatic nitrogens is 2. The molecule has 0 radical (unpaired) electrons. The van der Waals surface area contributed by atoms with Gasteiger partial charge in [-0.15, -0.1) is 0 Å². The number of nitrogens with zero attached hydrogens (tertiary/aromatic N) is 5. The molecule has 0 unspecified atom stereocenters. The average molecular weight is 345 g/mol. The van der Waals surface area contributed by atoms with Crippen molar-refractivity contribution in [1.29, 1.82) is 0 Å². The van der Waals surface area contributed by atoms with E-state index in [0.29, 0.717) is 31.9 Å². The summed E-state index contributed by atoms with van der Waals surface area (Å²) in [7, 11) is 2.08. The molecule has 2 fully saturated rings. The number of hydrogen-bond acceptors (Lipinski definition) is 5. The SMILES string of the molecule is CC(=O)N1CCCN(C(=O)c2cc(C)nc([C@H]3CCCN3C)n2)CC1. The largest absolute Gasteiger partial charge is 0.341 e. The molecule has 3 heterocycles. The number of aryl methyl sites for hydroxylation is 1. The maximum Gasteiger partial charge on any atom is 0.272 e. The van der Waals surface area contributed by atoms with Crippen LogP contribution >= 0.6 is 0 Å². The fraction of sp³-hybridized carbons (Fsp3) is 0.667. The quantitative estimate of drug-likeness (QED) is 0.807. The highest BCUT2D eigenvalue weighted by molar-refractivity contribution is 5.92. The van der Waals surface area contributed by atoms with E-state index >= 15 is 0 Å². The number of amides is 2. The molecule has 0 spiro atoms. The van der Waals surface area contributed by atoms with E-state index < -0.39 is 0 Å². The first-order valence-corrected chi connectivity index (χ1v) is 9.06. The Labute approximate surface area is 149 Å². The predicted octanol–water partition coefficient (Wildman–Crippen LogP) is 1.25. The van der Waals surface area contributed by atoms with Crippen LogP contribution in [0.1, 0.15) is 54.2 Å². The van der Waals surface area contributed by atoms with E-state index in [9.17, 15) is 9.59 Å². The van der Waals surface area contributed by atoms with Gasteiger partial charge in [0.1, 0.15) is 11.5 Å². The van der Waals surface area contributed by atoms with E-state index in [2.05, 4.69) is 21.9 Å². The molecule has 1 aromatic rings. The van der Waals surface area contributed by atoms with Gasteiger partial charge in [-0.1, -0.05) is 0 Å². The Kier molecular flexibility index (Phi) is 5.32. The van der Waals surface area contributed by atoms with Crippen molar-refractivity contribution in [3.63, 3.8) is 0 Å². The molecule has 2 amide bonds. The molecule has 1 aromatic heterocycles. The van der Waals surface area contributed by atoms with Crippen molar-refractivity contribution in [2.24, 2.45) is 0 Å². The van der Waals surface area contributed by atoms with E-state index in [1.165, 1.54) is 0 Å². The van der Waals surface area contributed by atoms with Gasteiger partial charge in [-0.3, -0.25) is 14.5 Å². The Morgan fingerprint density at radius 2 is 1.76 bits per heavy atom. The zero-order valence-corrected chi connectivity index (χ0v) is 15.4. The maximum absolute atomic E-state index is 12.9. The molecule has 1 atom stereocenters. The highest BCUT2D eigenvalue weighted by Crippen LogP contribution is 2.28. The zero-order chi connectivity index (χ0) is 18.0. The number of likely N-dealkylation sites (tertiary alicyclic amines) is 1. The van der Waals surface area contributed by atoms with E-state index in [0.717, 1.165) is 37.3 Å². The van der Waals surface area contributed by atoms with Gasteiger partial charge in [0.25, 0.3) is 5.91 Å². The van der Waals surface area contributed by atoms with E-state index in [1.54, 1.807) is 17.9 Å². The summed E-state index contributed by atoms with van der Waals surface area (Å²) in [5.74, 6) is 0.764. The summed E-state index contributed by atoms with van der Waals surface area (Å²) < 4.78 is 0. The van der Waals surface area contributed by atoms with Crippen LogP contribution in [-0.2, 0) is 4.79 Å². The van der Waals surface area contributed by atoms with Crippen LogP contribution in [0.15, 0.2) is 6.07 Å². The Morgan fingerprint density at radius 1 is 1.04 bits per heavy atom. The van der Waals surface area contributed by atoms with Gasteiger partial charge in [0.2, 0.25) is 5.91 Å². The van der Waals surface area contributed by atoms with Crippen LogP contribution in [-0.4, -0.2) is 76.3 Å². The van der Waals surface area contributed by atoms with Crippen LogP contribution in [0.5, 0.6) is 0 Å². The molecule has 7 heteroatoms. The molecule has 7 nitrogen and oxygen atoms in total. The van der Waals surface area contributed by atoms with Gasteiger partial charge in [-0.25, -0.2) is 9.97 Å². The summed E-state index contributed by atoms with van der Waals surface area (Å²) in [4.78, 5) is 39.5. The minimum Gasteiger partial charge on any atom is -0.341 e. The molecule has 0 bridgehead atoms. The maximum atomic E-state index is 12.9. The first-order valence-electron chi connectivity index (χ1n) is 9.06. The summed E-state index contributed by atoms with van der Waals surface area (Å²) >= 11 is 0. The molecule has 0 N–H and O–H groups in total. The standard InChI is InChI=1S/C18H27N5O2/c1-13-12-15(20-17(19-13)16-6-4-7-21(16)3)18(25)23-9-5-8-22(10-11-23)14(2)24/h12,16H,4-11H2,1-3H3/t16-/m1/s1. The Balaban J connectivity index is 1.77. The Hall–Kier alpha value is -2.02. The number of carbonyl (C=O) groups is 2. The van der Waals surface area contributed by atoms with Gasteiger partial charge in [0.15, 0.2) is 0 Å². The second kappa shape index (κ2) is 7.47. The molecular formula is C18H27N5O2. The molecule has 2 aliphatic rings. The topological polar surface area (TPSA) is 69.6 Å².